The minimum Gasteiger partial charge on any atom is -0.493 e. The van der Waals surface area contributed by atoms with E-state index in [1.807, 2.05) is 18.2 Å². The van der Waals surface area contributed by atoms with E-state index in [0.717, 1.165) is 5.56 Å². The number of anilines is 1. The van der Waals surface area contributed by atoms with Crippen molar-refractivity contribution >= 4 is 5.82 Å². The fourth-order valence-corrected chi connectivity index (χ4v) is 1.47. The van der Waals surface area contributed by atoms with Crippen molar-refractivity contribution in [2.45, 2.75) is 0 Å². The highest BCUT2D eigenvalue weighted by Crippen LogP contribution is 2.31. The Kier molecular flexibility index (Phi) is 2.68. The minimum absolute atomic E-state index is 0.532. The van der Waals surface area contributed by atoms with Crippen LogP contribution in [0, 0.1) is 0 Å². The van der Waals surface area contributed by atoms with Crippen molar-refractivity contribution in [1.29, 1.82) is 0 Å². The van der Waals surface area contributed by atoms with E-state index in [4.69, 9.17) is 15.2 Å². The Bertz CT molecular complexity index is 494. The first kappa shape index (κ1) is 10.4. The maximum Gasteiger partial charge on any atom is 0.161 e. The summed E-state index contributed by atoms with van der Waals surface area (Å²) in [6.45, 7) is 0. The number of methoxy groups -OCH3 is 2. The molecule has 0 radical (unpaired) electrons. The van der Waals surface area contributed by atoms with Crippen molar-refractivity contribution < 1.29 is 9.47 Å². The molecule has 0 aliphatic heterocycles. The standard InChI is InChI=1S/C11H13N3O2/c1-15-8-4-3-7(5-9(8)16-2)11-13-6-10(12)14-11/h3-6H,12H2,1-2H3,(H,13,14). The van der Waals surface area contributed by atoms with Gasteiger partial charge in [0.05, 0.1) is 20.4 Å². The fourth-order valence-electron chi connectivity index (χ4n) is 1.47. The largest absolute Gasteiger partial charge is 0.493 e. The molecule has 1 aromatic carbocycles. The van der Waals surface area contributed by atoms with E-state index in [0.29, 0.717) is 23.1 Å². The molecule has 0 bridgehead atoms. The molecule has 0 amide bonds. The van der Waals surface area contributed by atoms with Gasteiger partial charge in [0.25, 0.3) is 0 Å². The van der Waals surface area contributed by atoms with Crippen LogP contribution in [0.25, 0.3) is 11.4 Å². The summed E-state index contributed by atoms with van der Waals surface area (Å²) in [6, 6.07) is 5.56. The summed E-state index contributed by atoms with van der Waals surface area (Å²) in [6.07, 6.45) is 1.58. The average Bonchev–Trinajstić information content (AvgIpc) is 2.75. The van der Waals surface area contributed by atoms with E-state index in [2.05, 4.69) is 9.97 Å². The molecule has 5 nitrogen and oxygen atoms in total. The zero-order valence-corrected chi connectivity index (χ0v) is 9.15. The quantitative estimate of drug-likeness (QED) is 0.823. The van der Waals surface area contributed by atoms with E-state index < -0.39 is 0 Å². The van der Waals surface area contributed by atoms with Crippen molar-refractivity contribution in [2.24, 2.45) is 0 Å². The molecule has 1 aromatic heterocycles. The Hall–Kier alpha value is -2.17. The first-order valence-electron chi connectivity index (χ1n) is 4.77. The number of imidazole rings is 1. The summed E-state index contributed by atoms with van der Waals surface area (Å²) < 4.78 is 10.4. The first-order chi connectivity index (χ1) is 7.74. The van der Waals surface area contributed by atoms with Crippen LogP contribution < -0.4 is 15.2 Å². The van der Waals surface area contributed by atoms with E-state index in [1.54, 1.807) is 20.4 Å². The number of aromatic nitrogens is 2. The number of ether oxygens (including phenoxy) is 2. The van der Waals surface area contributed by atoms with Gasteiger partial charge in [0.1, 0.15) is 11.6 Å². The molecular formula is C11H13N3O2. The highest BCUT2D eigenvalue weighted by atomic mass is 16.5. The highest BCUT2D eigenvalue weighted by Gasteiger charge is 2.07. The van der Waals surface area contributed by atoms with Crippen LogP contribution in [0.3, 0.4) is 0 Å². The maximum absolute atomic E-state index is 5.57. The lowest BCUT2D eigenvalue weighted by Gasteiger charge is -2.08. The van der Waals surface area contributed by atoms with Gasteiger partial charge in [-0.3, -0.25) is 0 Å². The van der Waals surface area contributed by atoms with Crippen LogP contribution in [0.5, 0.6) is 11.5 Å². The molecule has 1 heterocycles. The molecule has 0 aliphatic rings. The van der Waals surface area contributed by atoms with Gasteiger partial charge in [-0.25, -0.2) is 4.98 Å². The van der Waals surface area contributed by atoms with Crippen molar-refractivity contribution in [1.82, 2.24) is 9.97 Å². The first-order valence-corrected chi connectivity index (χ1v) is 4.77. The second-order valence-corrected chi connectivity index (χ2v) is 3.26. The van der Waals surface area contributed by atoms with Gasteiger partial charge in [0, 0.05) is 5.56 Å². The molecule has 0 aliphatic carbocycles. The molecule has 0 atom stereocenters. The number of nitrogens with two attached hydrogens (primary N) is 1. The topological polar surface area (TPSA) is 73.2 Å². The van der Waals surface area contributed by atoms with Crippen LogP contribution in [0.2, 0.25) is 0 Å². The molecule has 0 saturated heterocycles. The summed E-state index contributed by atoms with van der Waals surface area (Å²) >= 11 is 0. The lowest BCUT2D eigenvalue weighted by molar-refractivity contribution is 0.355. The Balaban J connectivity index is 2.43. The lowest BCUT2D eigenvalue weighted by atomic mass is 10.2. The zero-order valence-electron chi connectivity index (χ0n) is 9.15. The molecule has 2 rings (SSSR count). The molecule has 0 unspecified atom stereocenters. The molecule has 3 N–H and O–H groups in total. The summed E-state index contributed by atoms with van der Waals surface area (Å²) in [5, 5.41) is 0. The van der Waals surface area contributed by atoms with Gasteiger partial charge in [0.15, 0.2) is 11.5 Å². The smallest absolute Gasteiger partial charge is 0.161 e. The van der Waals surface area contributed by atoms with Crippen molar-refractivity contribution in [3.05, 3.63) is 24.4 Å². The number of benzene rings is 1. The Morgan fingerprint density at radius 2 is 1.94 bits per heavy atom. The summed E-state index contributed by atoms with van der Waals surface area (Å²) in [4.78, 5) is 7.09. The lowest BCUT2D eigenvalue weighted by Crippen LogP contribution is -1.91. The Labute approximate surface area is 93.2 Å². The van der Waals surface area contributed by atoms with Gasteiger partial charge < -0.3 is 20.2 Å². The van der Waals surface area contributed by atoms with E-state index in [-0.39, 0.29) is 0 Å². The van der Waals surface area contributed by atoms with Crippen molar-refractivity contribution in [2.75, 3.05) is 20.0 Å². The number of nitrogen functional groups attached to an aromatic ring is 1. The van der Waals surface area contributed by atoms with Gasteiger partial charge in [-0.05, 0) is 18.2 Å². The normalized spacial score (nSPS) is 10.1. The highest BCUT2D eigenvalue weighted by molar-refractivity contribution is 5.62. The second kappa shape index (κ2) is 4.14. The number of hydrogen-bond acceptors (Lipinski definition) is 4. The van der Waals surface area contributed by atoms with Crippen LogP contribution >= 0.6 is 0 Å². The maximum atomic E-state index is 5.57. The van der Waals surface area contributed by atoms with Gasteiger partial charge in [0.2, 0.25) is 0 Å². The predicted octanol–water partition coefficient (Wildman–Crippen LogP) is 1.68. The van der Waals surface area contributed by atoms with E-state index >= 15 is 0 Å². The number of nitrogens with zero attached hydrogens (tertiary/aromatic N) is 1. The number of hydrogen-bond donors (Lipinski definition) is 2. The molecule has 5 heteroatoms. The van der Waals surface area contributed by atoms with Crippen LogP contribution in [0.15, 0.2) is 24.4 Å². The van der Waals surface area contributed by atoms with E-state index in [1.165, 1.54) is 0 Å². The second-order valence-electron chi connectivity index (χ2n) is 3.26. The predicted molar refractivity (Wildman–Crippen MR) is 61.5 cm³/mol. The van der Waals surface area contributed by atoms with Crippen molar-refractivity contribution in [3.63, 3.8) is 0 Å². The molecule has 0 saturated carbocycles. The van der Waals surface area contributed by atoms with Gasteiger partial charge >= 0.3 is 0 Å². The average molecular weight is 219 g/mol. The summed E-state index contributed by atoms with van der Waals surface area (Å²) in [7, 11) is 3.19. The van der Waals surface area contributed by atoms with Crippen LogP contribution in [-0.2, 0) is 0 Å². The molecular weight excluding hydrogens is 206 g/mol. The summed E-state index contributed by atoms with van der Waals surface area (Å²) in [5.74, 6) is 2.59. The number of rotatable bonds is 3. The van der Waals surface area contributed by atoms with Crippen LogP contribution in [-0.4, -0.2) is 24.2 Å². The monoisotopic (exact) mass is 219 g/mol. The molecule has 2 aromatic rings. The summed E-state index contributed by atoms with van der Waals surface area (Å²) in [5.41, 5.74) is 6.47. The molecule has 0 spiro atoms. The third-order valence-electron chi connectivity index (χ3n) is 2.25. The third kappa shape index (κ3) is 1.79. The number of nitrogens with one attached hydrogen (secondary N) is 1. The van der Waals surface area contributed by atoms with Gasteiger partial charge in [-0.15, -0.1) is 0 Å². The molecule has 16 heavy (non-hydrogen) atoms. The third-order valence-corrected chi connectivity index (χ3v) is 2.25. The number of H-pyrrole nitrogens is 1. The van der Waals surface area contributed by atoms with Crippen LogP contribution in [0.4, 0.5) is 5.82 Å². The minimum atomic E-state index is 0.532. The SMILES string of the molecule is COc1ccc(-c2ncc(N)[nH]2)cc1OC. The Morgan fingerprint density at radius 1 is 1.19 bits per heavy atom. The Morgan fingerprint density at radius 3 is 2.50 bits per heavy atom. The van der Waals surface area contributed by atoms with Crippen LogP contribution in [0.1, 0.15) is 0 Å². The molecule has 84 valence electrons. The number of aromatic amines is 1. The van der Waals surface area contributed by atoms with Gasteiger partial charge in [-0.2, -0.15) is 0 Å². The van der Waals surface area contributed by atoms with Crippen molar-refractivity contribution in [3.8, 4) is 22.9 Å². The fraction of sp³-hybridized carbons (Fsp3) is 0.182. The van der Waals surface area contributed by atoms with E-state index in [9.17, 15) is 0 Å². The zero-order chi connectivity index (χ0) is 11.5. The molecule has 0 fully saturated rings. The van der Waals surface area contributed by atoms with Gasteiger partial charge in [-0.1, -0.05) is 0 Å².